The molecule has 2 aromatic carbocycles. The highest BCUT2D eigenvalue weighted by molar-refractivity contribution is 6.33. The van der Waals surface area contributed by atoms with E-state index in [0.29, 0.717) is 29.6 Å². The van der Waals surface area contributed by atoms with Gasteiger partial charge in [-0.05, 0) is 52.8 Å². The van der Waals surface area contributed by atoms with Crippen molar-refractivity contribution in [2.45, 2.75) is 32.1 Å². The summed E-state index contributed by atoms with van der Waals surface area (Å²) in [4.78, 5) is 31.7. The van der Waals surface area contributed by atoms with E-state index in [2.05, 4.69) is 42.3 Å². The maximum absolute atomic E-state index is 13.0. The lowest BCUT2D eigenvalue weighted by molar-refractivity contribution is 0.0785. The molecular weight excluding hydrogens is 434 g/mol. The van der Waals surface area contributed by atoms with E-state index in [1.807, 2.05) is 24.3 Å². The van der Waals surface area contributed by atoms with Gasteiger partial charge in [0.2, 0.25) is 0 Å². The average Bonchev–Trinajstić information content (AvgIpc) is 3.33. The first-order valence-electron chi connectivity index (χ1n) is 11.3. The van der Waals surface area contributed by atoms with Gasteiger partial charge in [-0.15, -0.1) is 0 Å². The normalized spacial score (nSPS) is 15.7. The second-order valence-electron chi connectivity index (χ2n) is 8.69. The number of halogens is 1. The quantitative estimate of drug-likeness (QED) is 0.544. The highest BCUT2D eigenvalue weighted by atomic mass is 35.5. The minimum absolute atomic E-state index is 0.0677. The monoisotopic (exact) mass is 461 g/mol. The van der Waals surface area contributed by atoms with Gasteiger partial charge in [0, 0.05) is 37.8 Å². The van der Waals surface area contributed by atoms with Crippen LogP contribution in [0.2, 0.25) is 5.02 Å². The van der Waals surface area contributed by atoms with Crippen LogP contribution in [0.25, 0.3) is 11.1 Å². The van der Waals surface area contributed by atoms with Crippen LogP contribution in [0.15, 0.2) is 60.8 Å². The Morgan fingerprint density at radius 3 is 2.64 bits per heavy atom. The van der Waals surface area contributed by atoms with Crippen molar-refractivity contribution < 1.29 is 9.59 Å². The molecule has 0 saturated carbocycles. The van der Waals surface area contributed by atoms with Crippen LogP contribution in [0, 0.1) is 0 Å². The van der Waals surface area contributed by atoms with Crippen LogP contribution in [0.1, 0.15) is 64.1 Å². The third-order valence-corrected chi connectivity index (χ3v) is 6.60. The van der Waals surface area contributed by atoms with Crippen LogP contribution >= 0.6 is 11.6 Å². The number of pyridine rings is 1. The van der Waals surface area contributed by atoms with Gasteiger partial charge in [-0.1, -0.05) is 61.8 Å². The van der Waals surface area contributed by atoms with E-state index in [1.54, 1.807) is 30.3 Å². The molecule has 0 bridgehead atoms. The van der Waals surface area contributed by atoms with Gasteiger partial charge in [-0.3, -0.25) is 9.59 Å². The zero-order chi connectivity index (χ0) is 23.5. The van der Waals surface area contributed by atoms with Crippen molar-refractivity contribution in [3.63, 3.8) is 0 Å². The number of nitrogens with zero attached hydrogens (tertiary/aromatic N) is 2. The number of rotatable bonds is 5. The van der Waals surface area contributed by atoms with E-state index in [9.17, 15) is 9.59 Å². The van der Waals surface area contributed by atoms with Gasteiger partial charge in [0.1, 0.15) is 5.69 Å². The summed E-state index contributed by atoms with van der Waals surface area (Å²) >= 11 is 6.18. The Balaban J connectivity index is 1.65. The fourth-order valence-electron chi connectivity index (χ4n) is 4.57. The summed E-state index contributed by atoms with van der Waals surface area (Å²) in [6.07, 6.45) is 2.35. The predicted molar refractivity (Wildman–Crippen MR) is 132 cm³/mol. The van der Waals surface area contributed by atoms with Crippen molar-refractivity contribution in [3.8, 4) is 11.1 Å². The molecule has 1 atom stereocenters. The molecule has 170 valence electrons. The summed E-state index contributed by atoms with van der Waals surface area (Å²) in [7, 11) is 1.65. The van der Waals surface area contributed by atoms with Gasteiger partial charge in [-0.2, -0.15) is 0 Å². The lowest BCUT2D eigenvalue weighted by Crippen LogP contribution is -2.29. The Bertz CT molecular complexity index is 1190. The second-order valence-corrected chi connectivity index (χ2v) is 9.10. The molecule has 2 heterocycles. The van der Waals surface area contributed by atoms with Crippen molar-refractivity contribution >= 4 is 23.4 Å². The number of amides is 2. The minimum atomic E-state index is -0.174. The molecule has 4 rings (SSSR count). The molecule has 1 aromatic heterocycles. The Morgan fingerprint density at radius 1 is 1.12 bits per heavy atom. The standard InChI is InChI=1S/C27H28ClN3O2/c1-17(2)20-7-4-5-8-21(20)18-10-11-22(23(15-18)26(32)29-3)19-12-14-31(16-19)27(33)25-24(28)9-6-13-30-25/h4-11,13,15,17,19H,12,14,16H2,1-3H3,(H,29,32). The maximum atomic E-state index is 13.0. The van der Waals surface area contributed by atoms with Crippen molar-refractivity contribution in [1.29, 1.82) is 0 Å². The summed E-state index contributed by atoms with van der Waals surface area (Å²) in [6, 6.07) is 17.8. The number of carbonyl (C=O) groups is 2. The van der Waals surface area contributed by atoms with Crippen molar-refractivity contribution in [2.24, 2.45) is 0 Å². The van der Waals surface area contributed by atoms with Gasteiger partial charge in [0.15, 0.2) is 0 Å². The van der Waals surface area contributed by atoms with E-state index in [0.717, 1.165) is 23.1 Å². The number of benzene rings is 2. The Morgan fingerprint density at radius 2 is 1.91 bits per heavy atom. The van der Waals surface area contributed by atoms with Gasteiger partial charge in [0.25, 0.3) is 11.8 Å². The summed E-state index contributed by atoms with van der Waals surface area (Å²) < 4.78 is 0. The largest absolute Gasteiger partial charge is 0.355 e. The third-order valence-electron chi connectivity index (χ3n) is 6.30. The van der Waals surface area contributed by atoms with Crippen molar-refractivity contribution in [2.75, 3.05) is 20.1 Å². The van der Waals surface area contributed by atoms with Crippen LogP contribution in [-0.2, 0) is 0 Å². The molecule has 1 aliphatic heterocycles. The number of aromatic nitrogens is 1. The molecule has 1 unspecified atom stereocenters. The molecule has 3 aromatic rings. The number of likely N-dealkylation sites (tertiary alicyclic amines) is 1. The smallest absolute Gasteiger partial charge is 0.274 e. The van der Waals surface area contributed by atoms with Crippen LogP contribution in [-0.4, -0.2) is 41.8 Å². The van der Waals surface area contributed by atoms with E-state index in [1.165, 1.54) is 5.56 Å². The number of nitrogens with one attached hydrogen (secondary N) is 1. The molecule has 1 fully saturated rings. The third kappa shape index (κ3) is 4.64. The first kappa shape index (κ1) is 23.0. The highest BCUT2D eigenvalue weighted by Crippen LogP contribution is 2.35. The molecule has 5 nitrogen and oxygen atoms in total. The maximum Gasteiger partial charge on any atom is 0.274 e. The van der Waals surface area contributed by atoms with Gasteiger partial charge in [-0.25, -0.2) is 4.98 Å². The zero-order valence-electron chi connectivity index (χ0n) is 19.1. The Kier molecular flexibility index (Phi) is 6.80. The molecule has 1 saturated heterocycles. The van der Waals surface area contributed by atoms with Crippen LogP contribution < -0.4 is 5.32 Å². The fraction of sp³-hybridized carbons (Fsp3) is 0.296. The molecule has 0 radical (unpaired) electrons. The SMILES string of the molecule is CNC(=O)c1cc(-c2ccccc2C(C)C)ccc1C1CCN(C(=O)c2ncccc2Cl)C1. The second kappa shape index (κ2) is 9.75. The minimum Gasteiger partial charge on any atom is -0.355 e. The van der Waals surface area contributed by atoms with Gasteiger partial charge in [0.05, 0.1) is 5.02 Å². The summed E-state index contributed by atoms with van der Waals surface area (Å²) in [6.45, 7) is 5.47. The van der Waals surface area contributed by atoms with E-state index < -0.39 is 0 Å². The predicted octanol–water partition coefficient (Wildman–Crippen LogP) is 5.51. The number of carbonyl (C=O) groups excluding carboxylic acids is 2. The molecule has 0 spiro atoms. The summed E-state index contributed by atoms with van der Waals surface area (Å²) in [5, 5.41) is 3.13. The van der Waals surface area contributed by atoms with E-state index >= 15 is 0 Å². The van der Waals surface area contributed by atoms with E-state index in [4.69, 9.17) is 11.6 Å². The first-order valence-corrected chi connectivity index (χ1v) is 11.6. The summed E-state index contributed by atoms with van der Waals surface area (Å²) in [5.41, 5.74) is 5.29. The molecular formula is C27H28ClN3O2. The zero-order valence-corrected chi connectivity index (χ0v) is 19.9. The van der Waals surface area contributed by atoms with Gasteiger partial charge < -0.3 is 10.2 Å². The summed E-state index contributed by atoms with van der Waals surface area (Å²) in [5.74, 6) is 0.147. The number of hydrogen-bond acceptors (Lipinski definition) is 3. The molecule has 6 heteroatoms. The molecule has 2 amide bonds. The van der Waals surface area contributed by atoms with Crippen LogP contribution in [0.5, 0.6) is 0 Å². The fourth-order valence-corrected chi connectivity index (χ4v) is 4.77. The van der Waals surface area contributed by atoms with Crippen LogP contribution in [0.4, 0.5) is 0 Å². The first-order chi connectivity index (χ1) is 15.9. The lowest BCUT2D eigenvalue weighted by Gasteiger charge is -2.19. The Hall–Kier alpha value is -3.18. The number of hydrogen-bond donors (Lipinski definition) is 1. The lowest BCUT2D eigenvalue weighted by atomic mass is 9.87. The Labute approximate surface area is 199 Å². The van der Waals surface area contributed by atoms with Crippen molar-refractivity contribution in [1.82, 2.24) is 15.2 Å². The molecule has 1 N–H and O–H groups in total. The molecule has 33 heavy (non-hydrogen) atoms. The van der Waals surface area contributed by atoms with Gasteiger partial charge >= 0.3 is 0 Å². The molecule has 0 aliphatic carbocycles. The average molecular weight is 462 g/mol. The highest BCUT2D eigenvalue weighted by Gasteiger charge is 2.31. The van der Waals surface area contributed by atoms with E-state index in [-0.39, 0.29) is 23.4 Å². The molecule has 1 aliphatic rings. The van der Waals surface area contributed by atoms with Crippen molar-refractivity contribution in [3.05, 3.63) is 88.2 Å². The van der Waals surface area contributed by atoms with Crippen LogP contribution in [0.3, 0.4) is 0 Å². The topological polar surface area (TPSA) is 62.3 Å².